The van der Waals surface area contributed by atoms with Crippen molar-refractivity contribution in [2.24, 2.45) is 0 Å². The third-order valence-electron chi connectivity index (χ3n) is 3.22. The van der Waals surface area contributed by atoms with E-state index in [9.17, 15) is 0 Å². The van der Waals surface area contributed by atoms with Gasteiger partial charge in [0.15, 0.2) is 0 Å². The van der Waals surface area contributed by atoms with Crippen LogP contribution < -0.4 is 4.90 Å². The predicted octanol–water partition coefficient (Wildman–Crippen LogP) is 3.38. The molecule has 1 saturated heterocycles. The van der Waals surface area contributed by atoms with Crippen molar-refractivity contribution in [3.8, 4) is 0 Å². The maximum Gasteiger partial charge on any atom is 0.145 e. The number of piperidine rings is 1. The molecular weight excluding hydrogens is 278 g/mol. The van der Waals surface area contributed by atoms with E-state index in [1.807, 2.05) is 24.5 Å². The van der Waals surface area contributed by atoms with Crippen LogP contribution in [0.5, 0.6) is 0 Å². The highest BCUT2D eigenvalue weighted by molar-refractivity contribution is 9.10. The minimum absolute atomic E-state index is 1.00. The van der Waals surface area contributed by atoms with Crippen LogP contribution >= 0.6 is 15.9 Å². The van der Waals surface area contributed by atoms with E-state index in [0.29, 0.717) is 0 Å². The standard InChI is InChI=1S/C13H14BrN3/c14-11-12-10(5-4-6-15-12)9-16-13(11)17-7-2-1-3-8-17/h4-6,9H,1-3,7-8H2. The zero-order valence-corrected chi connectivity index (χ0v) is 11.2. The van der Waals surface area contributed by atoms with Gasteiger partial charge in [-0.25, -0.2) is 4.98 Å². The van der Waals surface area contributed by atoms with Gasteiger partial charge in [0.2, 0.25) is 0 Å². The monoisotopic (exact) mass is 291 g/mol. The summed E-state index contributed by atoms with van der Waals surface area (Å²) in [5.41, 5.74) is 1.00. The minimum atomic E-state index is 1.00. The van der Waals surface area contributed by atoms with Gasteiger partial charge in [0.25, 0.3) is 0 Å². The van der Waals surface area contributed by atoms with Crippen LogP contribution in [0.3, 0.4) is 0 Å². The molecule has 1 fully saturated rings. The Morgan fingerprint density at radius 3 is 2.76 bits per heavy atom. The van der Waals surface area contributed by atoms with Gasteiger partial charge in [0, 0.05) is 30.9 Å². The molecule has 3 nitrogen and oxygen atoms in total. The molecule has 1 aliphatic rings. The summed E-state index contributed by atoms with van der Waals surface area (Å²) in [6.07, 6.45) is 7.59. The normalized spacial score (nSPS) is 16.4. The molecule has 17 heavy (non-hydrogen) atoms. The molecule has 0 aromatic carbocycles. The highest BCUT2D eigenvalue weighted by Gasteiger charge is 2.16. The van der Waals surface area contributed by atoms with Crippen LogP contribution in [0.1, 0.15) is 19.3 Å². The molecule has 0 aliphatic carbocycles. The number of nitrogens with zero attached hydrogens (tertiary/aromatic N) is 3. The summed E-state index contributed by atoms with van der Waals surface area (Å²) in [7, 11) is 0. The van der Waals surface area contributed by atoms with Crippen molar-refractivity contribution in [1.82, 2.24) is 9.97 Å². The first-order valence-electron chi connectivity index (χ1n) is 6.00. The number of anilines is 1. The van der Waals surface area contributed by atoms with Crippen molar-refractivity contribution >= 4 is 32.7 Å². The summed E-state index contributed by atoms with van der Waals surface area (Å²) in [6, 6.07) is 3.98. The summed E-state index contributed by atoms with van der Waals surface area (Å²) >= 11 is 3.65. The maximum atomic E-state index is 4.57. The van der Waals surface area contributed by atoms with Gasteiger partial charge in [-0.3, -0.25) is 4.98 Å². The van der Waals surface area contributed by atoms with Crippen molar-refractivity contribution in [3.05, 3.63) is 29.0 Å². The smallest absolute Gasteiger partial charge is 0.145 e. The Morgan fingerprint density at radius 1 is 1.12 bits per heavy atom. The summed E-state index contributed by atoms with van der Waals surface area (Å²) in [6.45, 7) is 2.20. The number of hydrogen-bond acceptors (Lipinski definition) is 3. The molecule has 0 radical (unpaired) electrons. The Bertz CT molecular complexity index is 535. The zero-order valence-electron chi connectivity index (χ0n) is 9.56. The Labute approximate surface area is 109 Å². The number of pyridine rings is 2. The lowest BCUT2D eigenvalue weighted by Gasteiger charge is -2.28. The molecular formula is C13H14BrN3. The summed E-state index contributed by atoms with van der Waals surface area (Å²) in [5, 5.41) is 1.08. The molecule has 3 rings (SSSR count). The quantitative estimate of drug-likeness (QED) is 0.807. The van der Waals surface area contributed by atoms with Crippen LogP contribution in [-0.2, 0) is 0 Å². The van der Waals surface area contributed by atoms with Gasteiger partial charge in [-0.05, 0) is 47.3 Å². The first kappa shape index (κ1) is 11.0. The van der Waals surface area contributed by atoms with Crippen LogP contribution in [0.15, 0.2) is 29.0 Å². The van der Waals surface area contributed by atoms with Crippen LogP contribution in [-0.4, -0.2) is 23.1 Å². The molecule has 2 aromatic heterocycles. The Hall–Kier alpha value is -1.16. The van der Waals surface area contributed by atoms with E-state index in [-0.39, 0.29) is 0 Å². The molecule has 88 valence electrons. The molecule has 0 saturated carbocycles. The number of aromatic nitrogens is 2. The third-order valence-corrected chi connectivity index (χ3v) is 3.95. The number of fused-ring (bicyclic) bond motifs is 1. The Morgan fingerprint density at radius 2 is 1.94 bits per heavy atom. The van der Waals surface area contributed by atoms with Crippen molar-refractivity contribution in [3.63, 3.8) is 0 Å². The average Bonchev–Trinajstić information content (AvgIpc) is 2.40. The first-order chi connectivity index (χ1) is 8.36. The fourth-order valence-electron chi connectivity index (χ4n) is 2.32. The van der Waals surface area contributed by atoms with Gasteiger partial charge in [-0.1, -0.05) is 0 Å². The van der Waals surface area contributed by atoms with Gasteiger partial charge >= 0.3 is 0 Å². The van der Waals surface area contributed by atoms with E-state index >= 15 is 0 Å². The van der Waals surface area contributed by atoms with Crippen molar-refractivity contribution in [2.45, 2.75) is 19.3 Å². The number of halogens is 1. The van der Waals surface area contributed by atoms with E-state index in [0.717, 1.165) is 34.3 Å². The van der Waals surface area contributed by atoms with Crippen LogP contribution in [0.25, 0.3) is 10.9 Å². The predicted molar refractivity (Wildman–Crippen MR) is 73.3 cm³/mol. The molecule has 1 aliphatic heterocycles. The topological polar surface area (TPSA) is 29.0 Å². The van der Waals surface area contributed by atoms with Crippen LogP contribution in [0.4, 0.5) is 5.82 Å². The van der Waals surface area contributed by atoms with E-state index in [2.05, 4.69) is 30.8 Å². The van der Waals surface area contributed by atoms with E-state index < -0.39 is 0 Å². The van der Waals surface area contributed by atoms with Crippen molar-refractivity contribution < 1.29 is 0 Å². The minimum Gasteiger partial charge on any atom is -0.356 e. The summed E-state index contributed by atoms with van der Waals surface area (Å²) in [5.74, 6) is 1.04. The van der Waals surface area contributed by atoms with E-state index in [4.69, 9.17) is 0 Å². The van der Waals surface area contributed by atoms with Gasteiger partial charge in [0.1, 0.15) is 5.82 Å². The van der Waals surface area contributed by atoms with Gasteiger partial charge in [0.05, 0.1) is 9.99 Å². The molecule has 0 atom stereocenters. The van der Waals surface area contributed by atoms with E-state index in [1.165, 1.54) is 19.3 Å². The highest BCUT2D eigenvalue weighted by atomic mass is 79.9. The second kappa shape index (κ2) is 4.61. The zero-order chi connectivity index (χ0) is 11.7. The number of rotatable bonds is 1. The maximum absolute atomic E-state index is 4.57. The lowest BCUT2D eigenvalue weighted by molar-refractivity contribution is 0.573. The van der Waals surface area contributed by atoms with Crippen LogP contribution in [0.2, 0.25) is 0 Å². The Kier molecular flexibility index (Phi) is 2.97. The molecule has 3 heterocycles. The van der Waals surface area contributed by atoms with Gasteiger partial charge in [-0.15, -0.1) is 0 Å². The third kappa shape index (κ3) is 2.02. The molecule has 0 amide bonds. The summed E-state index contributed by atoms with van der Waals surface area (Å²) in [4.78, 5) is 11.3. The van der Waals surface area contributed by atoms with Gasteiger partial charge in [-0.2, -0.15) is 0 Å². The highest BCUT2D eigenvalue weighted by Crippen LogP contribution is 2.31. The van der Waals surface area contributed by atoms with Crippen molar-refractivity contribution in [1.29, 1.82) is 0 Å². The largest absolute Gasteiger partial charge is 0.356 e. The lowest BCUT2D eigenvalue weighted by Crippen LogP contribution is -2.30. The second-order valence-electron chi connectivity index (χ2n) is 4.38. The fraction of sp³-hybridized carbons (Fsp3) is 0.385. The molecule has 0 N–H and O–H groups in total. The first-order valence-corrected chi connectivity index (χ1v) is 6.80. The van der Waals surface area contributed by atoms with E-state index in [1.54, 1.807) is 0 Å². The van der Waals surface area contributed by atoms with Crippen LogP contribution in [0, 0.1) is 0 Å². The molecule has 0 bridgehead atoms. The average molecular weight is 292 g/mol. The molecule has 0 spiro atoms. The summed E-state index contributed by atoms with van der Waals surface area (Å²) < 4.78 is 1.03. The molecule has 0 unspecified atom stereocenters. The molecule has 2 aromatic rings. The van der Waals surface area contributed by atoms with Crippen molar-refractivity contribution in [2.75, 3.05) is 18.0 Å². The Balaban J connectivity index is 2.07. The molecule has 4 heteroatoms. The SMILES string of the molecule is Brc1c(N2CCCCC2)ncc2cccnc12. The lowest BCUT2D eigenvalue weighted by atomic mass is 10.1. The second-order valence-corrected chi connectivity index (χ2v) is 5.18. The number of hydrogen-bond donors (Lipinski definition) is 0. The van der Waals surface area contributed by atoms with Gasteiger partial charge < -0.3 is 4.90 Å². The fourth-order valence-corrected chi connectivity index (χ4v) is 3.01.